The van der Waals surface area contributed by atoms with Gasteiger partial charge in [0.05, 0.1) is 28.3 Å². The Bertz CT molecular complexity index is 1870. The van der Waals surface area contributed by atoms with Gasteiger partial charge in [-0.1, -0.05) is 18.2 Å². The van der Waals surface area contributed by atoms with Crippen molar-refractivity contribution < 1.29 is 13.6 Å². The highest BCUT2D eigenvalue weighted by Crippen LogP contribution is 2.36. The van der Waals surface area contributed by atoms with Crippen LogP contribution in [0.5, 0.6) is 0 Å². The summed E-state index contributed by atoms with van der Waals surface area (Å²) in [7, 11) is 0. The van der Waals surface area contributed by atoms with Gasteiger partial charge in [-0.15, -0.1) is 0 Å². The van der Waals surface area contributed by atoms with Crippen molar-refractivity contribution >= 4 is 33.7 Å². The Kier molecular flexibility index (Phi) is 5.00. The van der Waals surface area contributed by atoms with Gasteiger partial charge in [0.2, 0.25) is 5.91 Å². The number of carbonyl (C=O) groups is 1. The van der Waals surface area contributed by atoms with E-state index in [1.807, 2.05) is 0 Å². The molecular formula is C28H19F2N7O. The minimum absolute atomic E-state index is 0.0393. The normalized spacial score (nSPS) is 13.3. The summed E-state index contributed by atoms with van der Waals surface area (Å²) < 4.78 is 30.6. The van der Waals surface area contributed by atoms with Crippen molar-refractivity contribution in [2.45, 2.75) is 12.8 Å². The van der Waals surface area contributed by atoms with E-state index in [2.05, 4.69) is 35.5 Å². The van der Waals surface area contributed by atoms with E-state index in [1.165, 1.54) is 12.3 Å². The number of aromatic nitrogens is 6. The standard InChI is InChI=1S/C28H19F2N7O/c29-20-4-2-1-3-18(20)19-9-10-32-26-24(19)34-27(35-26)25-22-21(36-37-25)8-7-17(23(22)30)15-11-16(13-31-12-15)33-28(38)14-5-6-14/h1-4,7-14H,5-6H2,(H,33,38)(H,36,37)(H,32,34,35). The Balaban J connectivity index is 1.33. The number of rotatable bonds is 5. The Morgan fingerprint density at radius 3 is 2.71 bits per heavy atom. The summed E-state index contributed by atoms with van der Waals surface area (Å²) in [6, 6.07) is 13.2. The lowest BCUT2D eigenvalue weighted by Gasteiger charge is -2.08. The SMILES string of the molecule is O=C(Nc1cncc(-c2ccc3[nH]nc(-c4nc5nccc(-c6ccccc6F)c5[nH]4)c3c2F)c1)C1CC1. The molecule has 0 saturated heterocycles. The highest BCUT2D eigenvalue weighted by molar-refractivity contribution is 5.98. The number of pyridine rings is 2. The third-order valence-electron chi connectivity index (χ3n) is 6.71. The molecule has 4 heterocycles. The number of halogens is 2. The molecule has 0 radical (unpaired) electrons. The molecule has 38 heavy (non-hydrogen) atoms. The molecule has 10 heteroatoms. The molecule has 0 spiro atoms. The van der Waals surface area contributed by atoms with E-state index in [9.17, 15) is 9.18 Å². The number of imidazole rings is 1. The van der Waals surface area contributed by atoms with Gasteiger partial charge in [0.15, 0.2) is 11.5 Å². The molecule has 1 saturated carbocycles. The average Bonchev–Trinajstić information content (AvgIpc) is 3.54. The fourth-order valence-electron chi connectivity index (χ4n) is 4.64. The molecule has 1 aliphatic carbocycles. The van der Waals surface area contributed by atoms with Gasteiger partial charge in [-0.2, -0.15) is 5.10 Å². The average molecular weight is 508 g/mol. The zero-order chi connectivity index (χ0) is 25.8. The molecule has 186 valence electrons. The van der Waals surface area contributed by atoms with E-state index in [0.717, 1.165) is 12.8 Å². The Morgan fingerprint density at radius 1 is 1.00 bits per heavy atom. The molecule has 1 aliphatic rings. The van der Waals surface area contributed by atoms with Crippen LogP contribution in [0.1, 0.15) is 12.8 Å². The highest BCUT2D eigenvalue weighted by atomic mass is 19.1. The Labute approximate surface area is 214 Å². The summed E-state index contributed by atoms with van der Waals surface area (Å²) in [5, 5.41) is 10.3. The number of hydrogen-bond donors (Lipinski definition) is 3. The van der Waals surface area contributed by atoms with Crippen molar-refractivity contribution in [1.29, 1.82) is 0 Å². The van der Waals surface area contributed by atoms with Crippen LogP contribution in [-0.2, 0) is 4.79 Å². The van der Waals surface area contributed by atoms with Crippen LogP contribution in [0, 0.1) is 17.6 Å². The first-order valence-corrected chi connectivity index (χ1v) is 12.1. The first-order chi connectivity index (χ1) is 18.6. The number of aromatic amines is 2. The minimum atomic E-state index is -0.513. The monoisotopic (exact) mass is 507 g/mol. The summed E-state index contributed by atoms with van der Waals surface area (Å²) in [6.07, 6.45) is 6.40. The molecule has 0 atom stereocenters. The van der Waals surface area contributed by atoms with Crippen LogP contribution < -0.4 is 5.32 Å². The molecule has 0 aliphatic heterocycles. The highest BCUT2D eigenvalue weighted by Gasteiger charge is 2.29. The van der Waals surface area contributed by atoms with Crippen LogP contribution in [0.3, 0.4) is 0 Å². The summed E-state index contributed by atoms with van der Waals surface area (Å²) in [4.78, 5) is 28.4. The van der Waals surface area contributed by atoms with E-state index in [4.69, 9.17) is 0 Å². The summed E-state index contributed by atoms with van der Waals surface area (Å²) in [6.45, 7) is 0. The van der Waals surface area contributed by atoms with Gasteiger partial charge in [-0.05, 0) is 43.2 Å². The van der Waals surface area contributed by atoms with Crippen molar-refractivity contribution in [1.82, 2.24) is 30.1 Å². The van der Waals surface area contributed by atoms with Crippen LogP contribution in [0.2, 0.25) is 0 Å². The summed E-state index contributed by atoms with van der Waals surface area (Å²) in [5.74, 6) is -0.604. The molecule has 7 rings (SSSR count). The quantitative estimate of drug-likeness (QED) is 0.271. The predicted octanol–water partition coefficient (Wildman–Crippen LogP) is 5.86. The van der Waals surface area contributed by atoms with Gasteiger partial charge in [-0.25, -0.2) is 18.7 Å². The van der Waals surface area contributed by atoms with Gasteiger partial charge in [0.1, 0.15) is 17.3 Å². The maximum absolute atomic E-state index is 16.0. The Hall–Kier alpha value is -4.99. The van der Waals surface area contributed by atoms with E-state index >= 15 is 4.39 Å². The number of carbonyl (C=O) groups excluding carboxylic acids is 1. The van der Waals surface area contributed by atoms with E-state index in [0.29, 0.717) is 50.4 Å². The summed E-state index contributed by atoms with van der Waals surface area (Å²) in [5.41, 5.74) is 3.93. The van der Waals surface area contributed by atoms with Crippen LogP contribution in [0.4, 0.5) is 14.5 Å². The number of amides is 1. The zero-order valence-corrected chi connectivity index (χ0v) is 19.8. The van der Waals surface area contributed by atoms with Gasteiger partial charge in [-0.3, -0.25) is 14.9 Å². The molecule has 4 aromatic heterocycles. The number of H-pyrrole nitrogens is 2. The van der Waals surface area contributed by atoms with E-state index in [1.54, 1.807) is 54.9 Å². The third kappa shape index (κ3) is 3.69. The topological polar surface area (TPSA) is 112 Å². The number of benzene rings is 2. The molecule has 8 nitrogen and oxygen atoms in total. The lowest BCUT2D eigenvalue weighted by Crippen LogP contribution is -2.13. The first-order valence-electron chi connectivity index (χ1n) is 12.1. The van der Waals surface area contributed by atoms with Gasteiger partial charge in [0.25, 0.3) is 0 Å². The number of fused-ring (bicyclic) bond motifs is 2. The number of hydrogen-bond acceptors (Lipinski definition) is 5. The van der Waals surface area contributed by atoms with E-state index < -0.39 is 5.82 Å². The summed E-state index contributed by atoms with van der Waals surface area (Å²) >= 11 is 0. The molecule has 0 unspecified atom stereocenters. The maximum Gasteiger partial charge on any atom is 0.227 e. The molecule has 3 N–H and O–H groups in total. The van der Waals surface area contributed by atoms with Crippen molar-refractivity contribution in [3.05, 3.63) is 78.8 Å². The predicted molar refractivity (Wildman–Crippen MR) is 139 cm³/mol. The molecule has 0 bridgehead atoms. The van der Waals surface area contributed by atoms with Crippen LogP contribution >= 0.6 is 0 Å². The Morgan fingerprint density at radius 2 is 1.87 bits per heavy atom. The number of nitrogens with one attached hydrogen (secondary N) is 3. The first kappa shape index (κ1) is 22.2. The molecule has 1 fully saturated rings. The van der Waals surface area contributed by atoms with Crippen molar-refractivity contribution in [2.24, 2.45) is 5.92 Å². The molecule has 6 aromatic rings. The lowest BCUT2D eigenvalue weighted by molar-refractivity contribution is -0.117. The smallest absolute Gasteiger partial charge is 0.227 e. The largest absolute Gasteiger partial charge is 0.335 e. The van der Waals surface area contributed by atoms with Gasteiger partial charge in [0, 0.05) is 40.6 Å². The molecule has 2 aromatic carbocycles. The molecular weight excluding hydrogens is 488 g/mol. The van der Waals surface area contributed by atoms with Gasteiger partial charge < -0.3 is 10.3 Å². The van der Waals surface area contributed by atoms with Crippen LogP contribution in [0.15, 0.2) is 67.1 Å². The lowest BCUT2D eigenvalue weighted by atomic mass is 10.0. The fraction of sp³-hybridized carbons (Fsp3) is 0.107. The second kappa shape index (κ2) is 8.55. The number of nitrogens with zero attached hydrogens (tertiary/aromatic N) is 4. The third-order valence-corrected chi connectivity index (χ3v) is 6.71. The van der Waals surface area contributed by atoms with E-state index in [-0.39, 0.29) is 28.7 Å². The van der Waals surface area contributed by atoms with Crippen LogP contribution in [0.25, 0.3) is 55.8 Å². The number of anilines is 1. The van der Waals surface area contributed by atoms with Crippen LogP contribution in [-0.4, -0.2) is 36.0 Å². The second-order valence-electron chi connectivity index (χ2n) is 9.27. The second-order valence-corrected chi connectivity index (χ2v) is 9.27. The van der Waals surface area contributed by atoms with Gasteiger partial charge >= 0.3 is 0 Å². The van der Waals surface area contributed by atoms with Crippen molar-refractivity contribution in [3.8, 4) is 33.8 Å². The van der Waals surface area contributed by atoms with Crippen molar-refractivity contribution in [3.63, 3.8) is 0 Å². The minimum Gasteiger partial charge on any atom is -0.335 e. The molecule has 1 amide bonds. The maximum atomic E-state index is 16.0. The zero-order valence-electron chi connectivity index (χ0n) is 19.8. The van der Waals surface area contributed by atoms with Crippen molar-refractivity contribution in [2.75, 3.05) is 5.32 Å². The fourth-order valence-corrected chi connectivity index (χ4v) is 4.64.